The van der Waals surface area contributed by atoms with Crippen LogP contribution < -0.4 is 15.2 Å². The number of unbranched alkanes of at least 4 members (excludes halogenated alkanes) is 2. The van der Waals surface area contributed by atoms with E-state index in [2.05, 4.69) is 17.1 Å². The maximum atomic E-state index is 10.4. The molecule has 0 spiro atoms. The van der Waals surface area contributed by atoms with E-state index in [9.17, 15) is 10.5 Å². The molecule has 3 aliphatic rings. The molecule has 0 amide bonds. The Balaban J connectivity index is 1.79. The van der Waals surface area contributed by atoms with E-state index >= 15 is 0 Å². The van der Waals surface area contributed by atoms with Gasteiger partial charge in [-0.25, -0.2) is 4.99 Å². The fraction of sp³-hybridized carbons (Fsp3) is 0.591. The zero-order chi connectivity index (χ0) is 21.4. The second kappa shape index (κ2) is 7.46. The molecule has 1 saturated carbocycles. The molecule has 1 aromatic rings. The van der Waals surface area contributed by atoms with Crippen LogP contribution in [-0.2, 0) is 9.47 Å². The molecule has 2 aliphatic heterocycles. The Morgan fingerprint density at radius 3 is 2.37 bits per heavy atom. The molecule has 8 heteroatoms. The predicted octanol–water partition coefficient (Wildman–Crippen LogP) is 3.19. The second-order valence-corrected chi connectivity index (χ2v) is 7.87. The van der Waals surface area contributed by atoms with Gasteiger partial charge in [0.2, 0.25) is 6.79 Å². The van der Waals surface area contributed by atoms with E-state index in [0.717, 1.165) is 31.2 Å². The smallest absolute Gasteiger partial charge is 0.293 e. The third kappa shape index (κ3) is 2.47. The third-order valence-corrected chi connectivity index (χ3v) is 6.25. The van der Waals surface area contributed by atoms with Crippen molar-refractivity contribution in [2.75, 3.05) is 20.0 Å². The van der Waals surface area contributed by atoms with Crippen LogP contribution in [0.1, 0.15) is 51.0 Å². The molecule has 1 aromatic carbocycles. The Morgan fingerprint density at radius 2 is 1.77 bits per heavy atom. The summed E-state index contributed by atoms with van der Waals surface area (Å²) >= 11 is 0. The molecule has 3 atom stereocenters. The molecule has 0 radical (unpaired) electrons. The first-order chi connectivity index (χ1) is 14.6. The number of ether oxygens (including phenoxy) is 4. The lowest BCUT2D eigenvalue weighted by molar-refractivity contribution is -0.260. The summed E-state index contributed by atoms with van der Waals surface area (Å²) < 4.78 is 23.2. The lowest BCUT2D eigenvalue weighted by Crippen LogP contribution is -2.44. The Kier molecular flexibility index (Phi) is 5.09. The van der Waals surface area contributed by atoms with Crippen LogP contribution in [0.25, 0.3) is 0 Å². The summed E-state index contributed by atoms with van der Waals surface area (Å²) in [6, 6.07) is 10.1. The van der Waals surface area contributed by atoms with Crippen molar-refractivity contribution < 1.29 is 18.9 Å². The SMILES string of the molecule is CCCCOC1(OCCCC)N=C(N)C2(C#N)C(c3ccc4c(c3)OCO4)C12C#N. The fourth-order valence-corrected chi connectivity index (χ4v) is 4.66. The third-order valence-electron chi connectivity index (χ3n) is 6.25. The van der Waals surface area contributed by atoms with E-state index < -0.39 is 22.7 Å². The minimum Gasteiger partial charge on any atom is -0.454 e. The van der Waals surface area contributed by atoms with Gasteiger partial charge in [0.25, 0.3) is 5.91 Å². The van der Waals surface area contributed by atoms with E-state index in [4.69, 9.17) is 24.7 Å². The average molecular weight is 410 g/mol. The van der Waals surface area contributed by atoms with E-state index in [1.54, 1.807) is 12.1 Å². The average Bonchev–Trinajstić information content (AvgIpc) is 3.00. The quantitative estimate of drug-likeness (QED) is 0.490. The normalized spacial score (nSPS) is 29.6. The van der Waals surface area contributed by atoms with E-state index in [1.807, 2.05) is 19.9 Å². The number of hydrogen-bond acceptors (Lipinski definition) is 8. The molecule has 30 heavy (non-hydrogen) atoms. The molecule has 2 heterocycles. The van der Waals surface area contributed by atoms with Gasteiger partial charge in [-0.05, 0) is 30.5 Å². The molecule has 2 N–H and O–H groups in total. The number of nitrogens with two attached hydrogens (primary N) is 1. The Hall–Kier alpha value is -2.81. The number of aliphatic imine (C=N–C) groups is 1. The standard InChI is InChI=1S/C22H26N4O4/c1-3-5-9-29-22(30-10-6-4-2)21(13-24)18(20(21,12-23)19(25)26-22)15-7-8-16-17(11-15)28-14-27-16/h7-8,11,18H,3-6,9-10,14H2,1-2H3,(H2,25,26). The summed E-state index contributed by atoms with van der Waals surface area (Å²) in [6.07, 6.45) is 3.39. The van der Waals surface area contributed by atoms with E-state index in [-0.39, 0.29) is 12.6 Å². The number of fused-ring (bicyclic) bond motifs is 2. The first kappa shape index (κ1) is 20.5. The highest BCUT2D eigenvalue weighted by Gasteiger charge is 2.93. The molecule has 8 nitrogen and oxygen atoms in total. The minimum atomic E-state index is -1.60. The maximum Gasteiger partial charge on any atom is 0.293 e. The van der Waals surface area contributed by atoms with Gasteiger partial charge in [0.1, 0.15) is 11.3 Å². The molecular formula is C22H26N4O4. The highest BCUT2D eigenvalue weighted by Crippen LogP contribution is 2.82. The van der Waals surface area contributed by atoms with Gasteiger partial charge < -0.3 is 24.7 Å². The van der Waals surface area contributed by atoms with Gasteiger partial charge in [-0.15, -0.1) is 0 Å². The van der Waals surface area contributed by atoms with Gasteiger partial charge in [-0.3, -0.25) is 0 Å². The highest BCUT2D eigenvalue weighted by molar-refractivity contribution is 6.00. The van der Waals surface area contributed by atoms with Crippen LogP contribution in [0.5, 0.6) is 11.5 Å². The molecule has 4 rings (SSSR count). The van der Waals surface area contributed by atoms with Gasteiger partial charge in [-0.2, -0.15) is 10.5 Å². The van der Waals surface area contributed by atoms with Crippen molar-refractivity contribution in [3.05, 3.63) is 23.8 Å². The lowest BCUT2D eigenvalue weighted by atomic mass is 9.93. The monoisotopic (exact) mass is 410 g/mol. The molecule has 0 aromatic heterocycles. The van der Waals surface area contributed by atoms with Crippen molar-refractivity contribution >= 4 is 5.84 Å². The van der Waals surface area contributed by atoms with Crippen molar-refractivity contribution in [2.24, 2.45) is 21.6 Å². The maximum absolute atomic E-state index is 10.4. The zero-order valence-electron chi connectivity index (χ0n) is 17.3. The molecular weight excluding hydrogens is 384 g/mol. The van der Waals surface area contributed by atoms with E-state index in [0.29, 0.717) is 24.7 Å². The zero-order valence-corrected chi connectivity index (χ0v) is 17.3. The molecule has 158 valence electrons. The second-order valence-electron chi connectivity index (χ2n) is 7.87. The van der Waals surface area contributed by atoms with Crippen molar-refractivity contribution in [3.8, 4) is 23.6 Å². The van der Waals surface area contributed by atoms with Crippen LogP contribution in [0, 0.1) is 33.5 Å². The minimum absolute atomic E-state index is 0.0854. The number of benzene rings is 1. The Labute approximate surface area is 176 Å². The largest absolute Gasteiger partial charge is 0.454 e. The summed E-state index contributed by atoms with van der Waals surface area (Å²) in [5, 5.41) is 20.6. The van der Waals surface area contributed by atoms with Gasteiger partial charge in [0, 0.05) is 5.92 Å². The van der Waals surface area contributed by atoms with Crippen LogP contribution in [0.4, 0.5) is 0 Å². The Morgan fingerprint density at radius 1 is 1.10 bits per heavy atom. The number of amidine groups is 1. The van der Waals surface area contributed by atoms with Crippen LogP contribution in [0.15, 0.2) is 23.2 Å². The number of nitrogens with zero attached hydrogens (tertiary/aromatic N) is 3. The van der Waals surface area contributed by atoms with Gasteiger partial charge in [0.05, 0.1) is 25.4 Å². The summed E-state index contributed by atoms with van der Waals surface area (Å²) in [4.78, 5) is 4.48. The van der Waals surface area contributed by atoms with Gasteiger partial charge >= 0.3 is 0 Å². The van der Waals surface area contributed by atoms with Gasteiger partial charge in [-0.1, -0.05) is 32.8 Å². The first-order valence-electron chi connectivity index (χ1n) is 10.4. The summed E-state index contributed by atoms with van der Waals surface area (Å²) in [5.41, 5.74) is 4.39. The van der Waals surface area contributed by atoms with Crippen LogP contribution in [0.3, 0.4) is 0 Å². The van der Waals surface area contributed by atoms with E-state index in [1.165, 1.54) is 0 Å². The fourth-order valence-electron chi connectivity index (χ4n) is 4.66. The Bertz CT molecular complexity index is 939. The molecule has 1 fully saturated rings. The van der Waals surface area contributed by atoms with Crippen molar-refractivity contribution in [1.82, 2.24) is 0 Å². The predicted molar refractivity (Wildman–Crippen MR) is 107 cm³/mol. The van der Waals surface area contributed by atoms with Crippen LogP contribution in [0.2, 0.25) is 0 Å². The van der Waals surface area contributed by atoms with Crippen LogP contribution in [-0.4, -0.2) is 31.8 Å². The molecule has 0 saturated heterocycles. The number of hydrogen-bond donors (Lipinski definition) is 1. The van der Waals surface area contributed by atoms with Crippen molar-refractivity contribution in [1.29, 1.82) is 10.5 Å². The summed E-state index contributed by atoms with van der Waals surface area (Å²) in [5.74, 6) is -0.851. The summed E-state index contributed by atoms with van der Waals surface area (Å²) in [7, 11) is 0. The lowest BCUT2D eigenvalue weighted by Gasteiger charge is -2.32. The highest BCUT2D eigenvalue weighted by atomic mass is 16.7. The van der Waals surface area contributed by atoms with Crippen molar-refractivity contribution in [2.45, 2.75) is 51.4 Å². The molecule has 0 bridgehead atoms. The number of nitriles is 2. The van der Waals surface area contributed by atoms with Crippen molar-refractivity contribution in [3.63, 3.8) is 0 Å². The molecule has 3 unspecified atom stereocenters. The van der Waals surface area contributed by atoms with Crippen LogP contribution >= 0.6 is 0 Å². The van der Waals surface area contributed by atoms with Gasteiger partial charge in [0.15, 0.2) is 16.9 Å². The number of rotatable bonds is 9. The molecule has 1 aliphatic carbocycles. The first-order valence-corrected chi connectivity index (χ1v) is 10.4. The topological polar surface area (TPSA) is 123 Å². The summed E-state index contributed by atoms with van der Waals surface area (Å²) in [6.45, 7) is 4.96.